The molecule has 0 aliphatic heterocycles. The molecule has 122 valence electrons. The zero-order chi connectivity index (χ0) is 17.5. The van der Waals surface area contributed by atoms with Gasteiger partial charge >= 0.3 is 5.97 Å². The number of carbonyl (C=O) groups excluding carboxylic acids is 2. The summed E-state index contributed by atoms with van der Waals surface area (Å²) >= 11 is 0. The molecule has 0 N–H and O–H groups in total. The van der Waals surface area contributed by atoms with E-state index in [0.29, 0.717) is 5.56 Å². The third-order valence-corrected chi connectivity index (χ3v) is 3.21. The van der Waals surface area contributed by atoms with Gasteiger partial charge in [-0.3, -0.25) is 14.9 Å². The molecule has 0 fully saturated rings. The minimum Gasteiger partial charge on any atom is -0.462 e. The van der Waals surface area contributed by atoms with Crippen LogP contribution >= 0.6 is 0 Å². The van der Waals surface area contributed by atoms with Crippen LogP contribution in [-0.2, 0) is 9.53 Å². The molecule has 0 unspecified atom stereocenters. The van der Waals surface area contributed by atoms with Crippen molar-refractivity contribution >= 4 is 23.5 Å². The Hall–Kier alpha value is -3.28. The highest BCUT2D eigenvalue weighted by Crippen LogP contribution is 2.22. The van der Waals surface area contributed by atoms with Crippen molar-refractivity contribution in [1.82, 2.24) is 0 Å². The number of ketones is 1. The normalized spacial score (nSPS) is 11.0. The second kappa shape index (κ2) is 7.82. The number of para-hydroxylation sites is 1. The van der Waals surface area contributed by atoms with Gasteiger partial charge in [-0.2, -0.15) is 0 Å². The summed E-state index contributed by atoms with van der Waals surface area (Å²) in [5, 5.41) is 11.1. The SMILES string of the molecule is CCOC(=O)C(=Cc1ccccc1[N+](=O)[O-])C(=O)c1ccccc1. The predicted octanol–water partition coefficient (Wildman–Crippen LogP) is 3.42. The Bertz CT molecular complexity index is 796. The van der Waals surface area contributed by atoms with E-state index in [1.165, 1.54) is 24.3 Å². The molecule has 0 saturated heterocycles. The van der Waals surface area contributed by atoms with Gasteiger partial charge in [0, 0.05) is 11.6 Å². The Morgan fingerprint density at radius 2 is 1.71 bits per heavy atom. The summed E-state index contributed by atoms with van der Waals surface area (Å²) in [6.07, 6.45) is 1.20. The standard InChI is InChI=1S/C18H15NO5/c1-2-24-18(21)15(17(20)13-8-4-3-5-9-13)12-14-10-6-7-11-16(14)19(22)23/h3-12H,2H2,1H3. The number of carbonyl (C=O) groups is 2. The van der Waals surface area contributed by atoms with E-state index in [2.05, 4.69) is 0 Å². The first-order valence-corrected chi connectivity index (χ1v) is 7.26. The zero-order valence-electron chi connectivity index (χ0n) is 13.0. The van der Waals surface area contributed by atoms with Crippen LogP contribution in [0.2, 0.25) is 0 Å². The molecule has 6 nitrogen and oxygen atoms in total. The average molecular weight is 325 g/mol. The number of benzene rings is 2. The fourth-order valence-corrected chi connectivity index (χ4v) is 2.10. The molecule has 24 heavy (non-hydrogen) atoms. The van der Waals surface area contributed by atoms with Crippen LogP contribution in [0.25, 0.3) is 6.08 Å². The van der Waals surface area contributed by atoms with Gasteiger partial charge in [-0.1, -0.05) is 42.5 Å². The molecule has 0 heterocycles. The number of rotatable bonds is 6. The van der Waals surface area contributed by atoms with E-state index in [0.717, 1.165) is 0 Å². The van der Waals surface area contributed by atoms with E-state index >= 15 is 0 Å². The number of ether oxygens (including phenoxy) is 1. The maximum absolute atomic E-state index is 12.6. The number of hydrogen-bond acceptors (Lipinski definition) is 5. The lowest BCUT2D eigenvalue weighted by Gasteiger charge is -2.07. The predicted molar refractivity (Wildman–Crippen MR) is 88.5 cm³/mol. The van der Waals surface area contributed by atoms with Crippen molar-refractivity contribution in [2.45, 2.75) is 6.92 Å². The van der Waals surface area contributed by atoms with Crippen LogP contribution in [0, 0.1) is 10.1 Å². The van der Waals surface area contributed by atoms with Gasteiger partial charge in [0.1, 0.15) is 5.57 Å². The zero-order valence-corrected chi connectivity index (χ0v) is 13.0. The van der Waals surface area contributed by atoms with Gasteiger partial charge in [-0.25, -0.2) is 4.79 Å². The Morgan fingerprint density at radius 3 is 2.33 bits per heavy atom. The summed E-state index contributed by atoms with van der Waals surface area (Å²) in [7, 11) is 0. The first kappa shape index (κ1) is 17.1. The number of Topliss-reactive ketones (excluding diaryl/α,β-unsaturated/α-hetero) is 1. The van der Waals surface area contributed by atoms with E-state index < -0.39 is 16.7 Å². The van der Waals surface area contributed by atoms with Crippen molar-refractivity contribution < 1.29 is 19.2 Å². The minimum atomic E-state index is -0.815. The van der Waals surface area contributed by atoms with E-state index in [9.17, 15) is 19.7 Å². The maximum atomic E-state index is 12.6. The molecule has 2 aromatic rings. The molecule has 6 heteroatoms. The number of nitro benzene ring substituents is 1. The molecule has 0 amide bonds. The molecule has 0 bridgehead atoms. The molecule has 2 rings (SSSR count). The van der Waals surface area contributed by atoms with Crippen LogP contribution in [0.15, 0.2) is 60.2 Å². The topological polar surface area (TPSA) is 86.5 Å². The van der Waals surface area contributed by atoms with Crippen molar-refractivity contribution in [3.8, 4) is 0 Å². The van der Waals surface area contributed by atoms with Crippen LogP contribution in [0.4, 0.5) is 5.69 Å². The van der Waals surface area contributed by atoms with Crippen LogP contribution in [0.1, 0.15) is 22.8 Å². The van der Waals surface area contributed by atoms with E-state index in [-0.39, 0.29) is 23.4 Å². The lowest BCUT2D eigenvalue weighted by molar-refractivity contribution is -0.385. The van der Waals surface area contributed by atoms with Gasteiger partial charge in [0.15, 0.2) is 5.78 Å². The lowest BCUT2D eigenvalue weighted by atomic mass is 10.0. The summed E-state index contributed by atoms with van der Waals surface area (Å²) in [5.74, 6) is -1.36. The summed E-state index contributed by atoms with van der Waals surface area (Å²) in [4.78, 5) is 35.3. The highest BCUT2D eigenvalue weighted by Gasteiger charge is 2.23. The Balaban J connectivity index is 2.53. The second-order valence-corrected chi connectivity index (χ2v) is 4.79. The minimum absolute atomic E-state index is 0.0924. The molecule has 0 aliphatic carbocycles. The molecule has 0 spiro atoms. The van der Waals surface area contributed by atoms with Crippen molar-refractivity contribution in [3.63, 3.8) is 0 Å². The van der Waals surface area contributed by atoms with Gasteiger partial charge in [0.2, 0.25) is 0 Å². The third kappa shape index (κ3) is 3.92. The molecule has 0 atom stereocenters. The number of nitro groups is 1. The van der Waals surface area contributed by atoms with Crippen LogP contribution in [0.5, 0.6) is 0 Å². The highest BCUT2D eigenvalue weighted by atomic mass is 16.6. The first-order valence-electron chi connectivity index (χ1n) is 7.26. The van der Waals surface area contributed by atoms with Crippen molar-refractivity contribution in [2.24, 2.45) is 0 Å². The maximum Gasteiger partial charge on any atom is 0.342 e. The van der Waals surface area contributed by atoms with Gasteiger partial charge in [-0.15, -0.1) is 0 Å². The smallest absolute Gasteiger partial charge is 0.342 e. The molecule has 0 radical (unpaired) electrons. The van der Waals surface area contributed by atoms with Gasteiger partial charge < -0.3 is 4.74 Å². The largest absolute Gasteiger partial charge is 0.462 e. The molecular weight excluding hydrogens is 310 g/mol. The summed E-state index contributed by atoms with van der Waals surface area (Å²) in [6, 6.07) is 14.1. The van der Waals surface area contributed by atoms with E-state index in [1.807, 2.05) is 0 Å². The van der Waals surface area contributed by atoms with Crippen molar-refractivity contribution in [2.75, 3.05) is 6.61 Å². The van der Waals surface area contributed by atoms with Crippen LogP contribution < -0.4 is 0 Å². The molecule has 2 aromatic carbocycles. The number of nitrogens with zero attached hydrogens (tertiary/aromatic N) is 1. The summed E-state index contributed by atoms with van der Waals surface area (Å²) < 4.78 is 4.92. The third-order valence-electron chi connectivity index (χ3n) is 3.21. The summed E-state index contributed by atoms with van der Waals surface area (Å²) in [5.41, 5.74) is 0.0164. The van der Waals surface area contributed by atoms with E-state index in [1.54, 1.807) is 43.3 Å². The second-order valence-electron chi connectivity index (χ2n) is 4.79. The Kier molecular flexibility index (Phi) is 5.57. The monoisotopic (exact) mass is 325 g/mol. The fraction of sp³-hybridized carbons (Fsp3) is 0.111. The van der Waals surface area contributed by atoms with E-state index in [4.69, 9.17) is 4.74 Å². The van der Waals surface area contributed by atoms with Gasteiger partial charge in [-0.05, 0) is 19.1 Å². The number of esters is 1. The van der Waals surface area contributed by atoms with Crippen molar-refractivity contribution in [3.05, 3.63) is 81.4 Å². The van der Waals surface area contributed by atoms with Gasteiger partial charge in [0.25, 0.3) is 5.69 Å². The van der Waals surface area contributed by atoms with Crippen LogP contribution in [0.3, 0.4) is 0 Å². The Labute approximate surface area is 138 Å². The molecular formula is C18H15NO5. The molecule has 0 saturated carbocycles. The average Bonchev–Trinajstić information content (AvgIpc) is 2.60. The lowest BCUT2D eigenvalue weighted by Crippen LogP contribution is -2.16. The molecule has 0 aliphatic rings. The van der Waals surface area contributed by atoms with Crippen molar-refractivity contribution in [1.29, 1.82) is 0 Å². The van der Waals surface area contributed by atoms with Crippen LogP contribution in [-0.4, -0.2) is 23.3 Å². The highest BCUT2D eigenvalue weighted by molar-refractivity contribution is 6.27. The fourth-order valence-electron chi connectivity index (χ4n) is 2.10. The summed E-state index contributed by atoms with van der Waals surface area (Å²) in [6.45, 7) is 1.71. The quantitative estimate of drug-likeness (QED) is 0.154. The number of hydrogen-bond donors (Lipinski definition) is 0. The molecule has 0 aromatic heterocycles. The van der Waals surface area contributed by atoms with Gasteiger partial charge in [0.05, 0.1) is 17.1 Å². The first-order chi connectivity index (χ1) is 11.5. The Morgan fingerprint density at radius 1 is 1.08 bits per heavy atom.